The molecule has 0 aliphatic rings. The van der Waals surface area contributed by atoms with Crippen LogP contribution in [-0.4, -0.2) is 52.8 Å². The summed E-state index contributed by atoms with van der Waals surface area (Å²) in [5, 5.41) is 14.0. The molecule has 0 heterocycles. The lowest BCUT2D eigenvalue weighted by Gasteiger charge is -2.23. The van der Waals surface area contributed by atoms with Gasteiger partial charge in [0.1, 0.15) is 11.6 Å². The number of ether oxygens (including phenoxy) is 1. The Hall–Kier alpha value is -1.35. The number of carbonyl (C=O) groups excluding carboxylic acids is 2. The largest absolute Gasteiger partial charge is 0.481 e. The first-order chi connectivity index (χ1) is 12.2. The van der Waals surface area contributed by atoms with Crippen LogP contribution in [-0.2, 0) is 14.3 Å². The minimum Gasteiger partial charge on any atom is -0.481 e. The summed E-state index contributed by atoms with van der Waals surface area (Å²) in [5.41, 5.74) is -0.629. The molecule has 0 saturated heterocycles. The molecule has 0 aliphatic heterocycles. The number of carboxylic acids is 1. The standard InChI is InChI=1S/C17H30N2O5S2/c1-5-6-7-8-13(19-16(23)24-17(2,3)4)15(22)18-10-12-26-25-11-9-14(20)21/h5,13H,1,6-12H2,2-4H3,(H,18,22)(H,19,23)(H,20,21). The third-order valence-corrected chi connectivity index (χ3v) is 5.28. The minimum absolute atomic E-state index is 0.120. The van der Waals surface area contributed by atoms with Gasteiger partial charge in [0.2, 0.25) is 5.91 Å². The van der Waals surface area contributed by atoms with Crippen molar-refractivity contribution >= 4 is 39.6 Å². The van der Waals surface area contributed by atoms with Crippen LogP contribution in [0.4, 0.5) is 4.79 Å². The van der Waals surface area contributed by atoms with Crippen molar-refractivity contribution in [2.45, 2.75) is 58.1 Å². The van der Waals surface area contributed by atoms with Crippen molar-refractivity contribution in [3.63, 3.8) is 0 Å². The molecule has 0 aromatic carbocycles. The highest BCUT2D eigenvalue weighted by atomic mass is 33.1. The summed E-state index contributed by atoms with van der Waals surface area (Å²) in [7, 11) is 2.96. The summed E-state index contributed by atoms with van der Waals surface area (Å²) in [4.78, 5) is 34.6. The maximum atomic E-state index is 12.3. The van der Waals surface area contributed by atoms with E-state index in [1.807, 2.05) is 0 Å². The van der Waals surface area contributed by atoms with Crippen LogP contribution < -0.4 is 10.6 Å². The monoisotopic (exact) mass is 406 g/mol. The minimum atomic E-state index is -0.818. The van der Waals surface area contributed by atoms with Gasteiger partial charge >= 0.3 is 12.1 Å². The van der Waals surface area contributed by atoms with Crippen molar-refractivity contribution < 1.29 is 24.2 Å². The highest BCUT2D eigenvalue weighted by Crippen LogP contribution is 2.21. The van der Waals surface area contributed by atoms with E-state index in [9.17, 15) is 14.4 Å². The van der Waals surface area contributed by atoms with E-state index in [1.165, 1.54) is 21.6 Å². The van der Waals surface area contributed by atoms with E-state index in [0.29, 0.717) is 24.5 Å². The Labute approximate surface area is 163 Å². The lowest BCUT2D eigenvalue weighted by molar-refractivity contribution is -0.136. The van der Waals surface area contributed by atoms with Gasteiger partial charge < -0.3 is 20.5 Å². The van der Waals surface area contributed by atoms with E-state index < -0.39 is 23.7 Å². The molecule has 0 radical (unpaired) electrons. The summed E-state index contributed by atoms with van der Waals surface area (Å²) in [6.45, 7) is 9.38. The Balaban J connectivity index is 4.27. The number of hydrogen-bond acceptors (Lipinski definition) is 6. The summed E-state index contributed by atoms with van der Waals surface area (Å²) in [6, 6.07) is -0.658. The first kappa shape index (κ1) is 24.7. The van der Waals surface area contributed by atoms with E-state index in [4.69, 9.17) is 9.84 Å². The highest BCUT2D eigenvalue weighted by molar-refractivity contribution is 8.76. The fraction of sp³-hybridized carbons (Fsp3) is 0.706. The van der Waals surface area contributed by atoms with E-state index in [1.54, 1.807) is 26.8 Å². The van der Waals surface area contributed by atoms with E-state index in [0.717, 1.165) is 12.8 Å². The van der Waals surface area contributed by atoms with Crippen molar-refractivity contribution in [1.29, 1.82) is 0 Å². The molecule has 0 aliphatic carbocycles. The van der Waals surface area contributed by atoms with Crippen LogP contribution in [0, 0.1) is 0 Å². The van der Waals surface area contributed by atoms with Gasteiger partial charge in [-0.2, -0.15) is 0 Å². The number of carboxylic acid groups (broad SMARTS) is 1. The molecule has 2 amide bonds. The number of nitrogens with one attached hydrogen (secondary N) is 2. The molecule has 0 saturated carbocycles. The van der Waals surface area contributed by atoms with Crippen LogP contribution >= 0.6 is 21.6 Å². The molecule has 3 N–H and O–H groups in total. The Morgan fingerprint density at radius 1 is 1.23 bits per heavy atom. The molecule has 0 rings (SSSR count). The Morgan fingerprint density at radius 2 is 1.88 bits per heavy atom. The molecule has 0 bridgehead atoms. The van der Waals surface area contributed by atoms with Crippen LogP contribution in [0.3, 0.4) is 0 Å². The average Bonchev–Trinajstić information content (AvgIpc) is 2.51. The van der Waals surface area contributed by atoms with Gasteiger partial charge in [0.05, 0.1) is 6.42 Å². The van der Waals surface area contributed by atoms with Gasteiger partial charge in [0.25, 0.3) is 0 Å². The first-order valence-electron chi connectivity index (χ1n) is 8.50. The number of allylic oxidation sites excluding steroid dienone is 1. The zero-order chi connectivity index (χ0) is 20.0. The lowest BCUT2D eigenvalue weighted by Crippen LogP contribution is -2.48. The lowest BCUT2D eigenvalue weighted by atomic mass is 10.1. The van der Waals surface area contributed by atoms with Gasteiger partial charge in [-0.3, -0.25) is 9.59 Å². The molecule has 0 aromatic rings. The highest BCUT2D eigenvalue weighted by Gasteiger charge is 2.23. The molecule has 0 fully saturated rings. The normalized spacial score (nSPS) is 12.1. The van der Waals surface area contributed by atoms with E-state index in [-0.39, 0.29) is 12.3 Å². The third-order valence-electron chi connectivity index (χ3n) is 2.88. The predicted octanol–water partition coefficient (Wildman–Crippen LogP) is 3.21. The molecule has 9 heteroatoms. The quantitative estimate of drug-likeness (QED) is 0.245. The van der Waals surface area contributed by atoms with Gasteiger partial charge in [-0.1, -0.05) is 27.7 Å². The maximum Gasteiger partial charge on any atom is 0.408 e. The van der Waals surface area contributed by atoms with Crippen molar-refractivity contribution in [3.05, 3.63) is 12.7 Å². The first-order valence-corrected chi connectivity index (χ1v) is 11.0. The van der Waals surface area contributed by atoms with Gasteiger partial charge in [0.15, 0.2) is 0 Å². The maximum absolute atomic E-state index is 12.3. The topological polar surface area (TPSA) is 105 Å². The Morgan fingerprint density at radius 3 is 2.46 bits per heavy atom. The second-order valence-electron chi connectivity index (χ2n) is 6.50. The van der Waals surface area contributed by atoms with Crippen molar-refractivity contribution in [2.24, 2.45) is 0 Å². The van der Waals surface area contributed by atoms with Crippen molar-refractivity contribution in [3.8, 4) is 0 Å². The van der Waals surface area contributed by atoms with Crippen molar-refractivity contribution in [1.82, 2.24) is 10.6 Å². The molecule has 150 valence electrons. The van der Waals surface area contributed by atoms with Crippen LogP contribution in [0.1, 0.15) is 46.5 Å². The second-order valence-corrected chi connectivity index (χ2v) is 9.20. The van der Waals surface area contributed by atoms with Gasteiger partial charge in [-0.25, -0.2) is 4.79 Å². The van der Waals surface area contributed by atoms with Crippen LogP contribution in [0.25, 0.3) is 0 Å². The number of alkyl carbamates (subject to hydrolysis) is 1. The smallest absolute Gasteiger partial charge is 0.408 e. The van der Waals surface area contributed by atoms with Gasteiger partial charge in [-0.05, 0) is 40.0 Å². The molecule has 0 aromatic heterocycles. The third kappa shape index (κ3) is 14.9. The van der Waals surface area contributed by atoms with Crippen LogP contribution in [0.15, 0.2) is 12.7 Å². The molecular formula is C17H30N2O5S2. The number of carbonyl (C=O) groups is 3. The zero-order valence-electron chi connectivity index (χ0n) is 15.7. The van der Waals surface area contributed by atoms with Crippen LogP contribution in [0.5, 0.6) is 0 Å². The summed E-state index contributed by atoms with van der Waals surface area (Å²) in [5.74, 6) is 0.109. The Kier molecular flexibility index (Phi) is 13.1. The van der Waals surface area contributed by atoms with E-state index >= 15 is 0 Å². The van der Waals surface area contributed by atoms with Crippen molar-refractivity contribution in [2.75, 3.05) is 18.1 Å². The number of rotatable bonds is 13. The number of aliphatic carboxylic acids is 1. The Bertz CT molecular complexity index is 467. The fourth-order valence-corrected chi connectivity index (χ4v) is 3.66. The molecule has 0 spiro atoms. The average molecular weight is 407 g/mol. The fourth-order valence-electron chi connectivity index (χ4n) is 1.77. The van der Waals surface area contributed by atoms with Crippen LogP contribution in [0.2, 0.25) is 0 Å². The molecule has 1 atom stereocenters. The SMILES string of the molecule is C=CCCCC(NC(=O)OC(C)(C)C)C(=O)NCCSSCCC(=O)O. The zero-order valence-corrected chi connectivity index (χ0v) is 17.3. The number of unbranched alkanes of at least 4 members (excludes halogenated alkanes) is 1. The van der Waals surface area contributed by atoms with E-state index in [2.05, 4.69) is 17.2 Å². The summed E-state index contributed by atoms with van der Waals surface area (Å²) >= 11 is 0. The number of hydrogen-bond donors (Lipinski definition) is 3. The molecular weight excluding hydrogens is 376 g/mol. The van der Waals surface area contributed by atoms with Gasteiger partial charge in [-0.15, -0.1) is 6.58 Å². The van der Waals surface area contributed by atoms with Gasteiger partial charge in [0, 0.05) is 18.1 Å². The molecule has 26 heavy (non-hydrogen) atoms. The predicted molar refractivity (Wildman–Crippen MR) is 107 cm³/mol. The molecule has 1 unspecified atom stereocenters. The number of amides is 2. The molecule has 7 nitrogen and oxygen atoms in total. The summed E-state index contributed by atoms with van der Waals surface area (Å²) < 4.78 is 5.21. The summed E-state index contributed by atoms with van der Waals surface area (Å²) in [6.07, 6.45) is 3.27. The second kappa shape index (κ2) is 13.8.